The van der Waals surface area contributed by atoms with Crippen LogP contribution in [-0.4, -0.2) is 46.3 Å². The van der Waals surface area contributed by atoms with E-state index in [-0.39, 0.29) is 17.6 Å². The van der Waals surface area contributed by atoms with Crippen molar-refractivity contribution < 1.29 is 9.59 Å². The van der Waals surface area contributed by atoms with Gasteiger partial charge in [0.15, 0.2) is 5.13 Å². The zero-order valence-electron chi connectivity index (χ0n) is 17.3. The van der Waals surface area contributed by atoms with E-state index in [4.69, 9.17) is 0 Å². The van der Waals surface area contributed by atoms with Crippen molar-refractivity contribution >= 4 is 40.0 Å². The van der Waals surface area contributed by atoms with Crippen molar-refractivity contribution in [3.8, 4) is 11.3 Å². The highest BCUT2D eigenvalue weighted by atomic mass is 32.2. The first-order chi connectivity index (χ1) is 13.9. The van der Waals surface area contributed by atoms with E-state index in [1.54, 1.807) is 0 Å². The molecule has 2 aromatic rings. The number of carbonyl (C=O) groups excluding carboxylic acids is 2. The number of piperidine rings is 1. The zero-order chi connectivity index (χ0) is 20.8. The second kappa shape index (κ2) is 10.3. The van der Waals surface area contributed by atoms with Gasteiger partial charge in [-0.3, -0.25) is 9.59 Å². The maximum Gasteiger partial charge on any atom is 0.236 e. The standard InChI is InChI=1S/C22H29N3O2S2/c1-4-17-5-7-18(8-6-17)19-12-29-22(23-19)24-20(26)13-28-14-21(27)25-10-15(2)9-16(3)11-25/h5-8,12,15-16H,4,9-11,13-14H2,1-3H3,(H,23,24,26)/t15-,16+. The van der Waals surface area contributed by atoms with E-state index >= 15 is 0 Å². The monoisotopic (exact) mass is 431 g/mol. The summed E-state index contributed by atoms with van der Waals surface area (Å²) in [6.07, 6.45) is 2.19. The Hall–Kier alpha value is -1.86. The molecule has 1 aromatic heterocycles. The van der Waals surface area contributed by atoms with E-state index in [0.29, 0.717) is 22.7 Å². The lowest BCUT2D eigenvalue weighted by Gasteiger charge is -2.35. The van der Waals surface area contributed by atoms with E-state index in [1.165, 1.54) is 35.1 Å². The molecule has 0 unspecified atom stereocenters. The van der Waals surface area contributed by atoms with Crippen LogP contribution in [0.5, 0.6) is 0 Å². The maximum atomic E-state index is 12.4. The summed E-state index contributed by atoms with van der Waals surface area (Å²) < 4.78 is 0. The highest BCUT2D eigenvalue weighted by Gasteiger charge is 2.25. The third-order valence-corrected chi connectivity index (χ3v) is 6.76. The van der Waals surface area contributed by atoms with Crippen molar-refractivity contribution in [2.24, 2.45) is 11.8 Å². The Kier molecular flexibility index (Phi) is 7.72. The van der Waals surface area contributed by atoms with Crippen molar-refractivity contribution in [3.05, 3.63) is 35.2 Å². The van der Waals surface area contributed by atoms with Crippen LogP contribution in [0.1, 0.15) is 32.8 Å². The fourth-order valence-corrected chi connectivity index (χ4v) is 5.17. The number of aryl methyl sites for hydroxylation is 1. The van der Waals surface area contributed by atoms with Gasteiger partial charge in [0.05, 0.1) is 17.2 Å². The summed E-state index contributed by atoms with van der Waals surface area (Å²) in [4.78, 5) is 31.1. The molecule has 3 rings (SSSR count). The Balaban J connectivity index is 1.44. The lowest BCUT2D eigenvalue weighted by Crippen LogP contribution is -2.43. The van der Waals surface area contributed by atoms with Crippen LogP contribution in [0.2, 0.25) is 0 Å². The topological polar surface area (TPSA) is 62.3 Å². The molecule has 0 aliphatic carbocycles. The molecule has 1 saturated heterocycles. The number of thiazole rings is 1. The lowest BCUT2D eigenvalue weighted by atomic mass is 9.92. The number of nitrogens with one attached hydrogen (secondary N) is 1. The number of nitrogens with zero attached hydrogens (tertiary/aromatic N) is 2. The molecular formula is C22H29N3O2S2. The van der Waals surface area contributed by atoms with Gasteiger partial charge in [-0.2, -0.15) is 0 Å². The number of amides is 2. The zero-order valence-corrected chi connectivity index (χ0v) is 18.9. The molecule has 2 heterocycles. The number of rotatable bonds is 7. The first kappa shape index (κ1) is 21.8. The number of aromatic nitrogens is 1. The minimum Gasteiger partial charge on any atom is -0.341 e. The number of anilines is 1. The normalized spacial score (nSPS) is 19.2. The summed E-state index contributed by atoms with van der Waals surface area (Å²) in [6.45, 7) is 8.17. The Labute approximate surface area is 181 Å². The van der Waals surface area contributed by atoms with Gasteiger partial charge in [-0.1, -0.05) is 45.0 Å². The Morgan fingerprint density at radius 2 is 1.86 bits per heavy atom. The van der Waals surface area contributed by atoms with E-state index in [9.17, 15) is 9.59 Å². The average Bonchev–Trinajstić information content (AvgIpc) is 3.15. The number of hydrogen-bond acceptors (Lipinski definition) is 5. The predicted molar refractivity (Wildman–Crippen MR) is 122 cm³/mol. The van der Waals surface area contributed by atoms with Gasteiger partial charge in [0.2, 0.25) is 11.8 Å². The van der Waals surface area contributed by atoms with Crippen LogP contribution in [0.25, 0.3) is 11.3 Å². The largest absolute Gasteiger partial charge is 0.341 e. The van der Waals surface area contributed by atoms with Crippen molar-refractivity contribution in [1.29, 1.82) is 0 Å². The third kappa shape index (κ3) is 6.31. The fourth-order valence-electron chi connectivity index (χ4n) is 3.72. The van der Waals surface area contributed by atoms with E-state index < -0.39 is 0 Å². The van der Waals surface area contributed by atoms with Crippen LogP contribution < -0.4 is 5.32 Å². The quantitative estimate of drug-likeness (QED) is 0.699. The van der Waals surface area contributed by atoms with E-state index in [1.807, 2.05) is 10.3 Å². The Morgan fingerprint density at radius 1 is 1.17 bits per heavy atom. The highest BCUT2D eigenvalue weighted by Crippen LogP contribution is 2.25. The molecule has 5 nitrogen and oxygen atoms in total. The molecule has 0 spiro atoms. The molecule has 2 amide bonds. The molecule has 0 saturated carbocycles. The van der Waals surface area contributed by atoms with Gasteiger partial charge in [0.25, 0.3) is 0 Å². The summed E-state index contributed by atoms with van der Waals surface area (Å²) in [6, 6.07) is 8.32. The minimum atomic E-state index is -0.120. The van der Waals surface area contributed by atoms with Crippen LogP contribution in [0.3, 0.4) is 0 Å². The second-order valence-corrected chi connectivity index (χ2v) is 9.72. The molecule has 1 aromatic carbocycles. The van der Waals surface area contributed by atoms with Crippen molar-refractivity contribution in [3.63, 3.8) is 0 Å². The molecule has 1 fully saturated rings. The van der Waals surface area contributed by atoms with E-state index in [2.05, 4.69) is 55.3 Å². The minimum absolute atomic E-state index is 0.120. The van der Waals surface area contributed by atoms with Crippen LogP contribution in [0, 0.1) is 11.8 Å². The summed E-state index contributed by atoms with van der Waals surface area (Å²) in [5, 5.41) is 5.39. The average molecular weight is 432 g/mol. The molecule has 2 atom stereocenters. The van der Waals surface area contributed by atoms with Gasteiger partial charge in [0, 0.05) is 24.0 Å². The molecule has 1 aliphatic heterocycles. The molecule has 1 N–H and O–H groups in total. The van der Waals surface area contributed by atoms with Gasteiger partial charge < -0.3 is 10.2 Å². The maximum absolute atomic E-state index is 12.4. The van der Waals surface area contributed by atoms with Crippen LogP contribution in [0.4, 0.5) is 5.13 Å². The van der Waals surface area contributed by atoms with Gasteiger partial charge in [-0.05, 0) is 30.2 Å². The summed E-state index contributed by atoms with van der Waals surface area (Å²) in [5.41, 5.74) is 3.20. The van der Waals surface area contributed by atoms with Crippen molar-refractivity contribution in [2.45, 2.75) is 33.6 Å². The number of carbonyl (C=O) groups is 2. The lowest BCUT2D eigenvalue weighted by molar-refractivity contribution is -0.130. The van der Waals surface area contributed by atoms with Crippen molar-refractivity contribution in [2.75, 3.05) is 29.9 Å². The van der Waals surface area contributed by atoms with Crippen LogP contribution >= 0.6 is 23.1 Å². The molecule has 29 heavy (non-hydrogen) atoms. The smallest absolute Gasteiger partial charge is 0.236 e. The molecule has 156 valence electrons. The third-order valence-electron chi connectivity index (χ3n) is 5.09. The second-order valence-electron chi connectivity index (χ2n) is 7.87. The first-order valence-electron chi connectivity index (χ1n) is 10.1. The molecular weight excluding hydrogens is 402 g/mol. The highest BCUT2D eigenvalue weighted by molar-refractivity contribution is 8.00. The Morgan fingerprint density at radius 3 is 2.52 bits per heavy atom. The van der Waals surface area contributed by atoms with Gasteiger partial charge >= 0.3 is 0 Å². The van der Waals surface area contributed by atoms with E-state index in [0.717, 1.165) is 30.8 Å². The first-order valence-corrected chi connectivity index (χ1v) is 12.2. The van der Waals surface area contributed by atoms with Crippen LogP contribution in [-0.2, 0) is 16.0 Å². The van der Waals surface area contributed by atoms with Crippen LogP contribution in [0.15, 0.2) is 29.6 Å². The van der Waals surface area contributed by atoms with Gasteiger partial charge in [-0.25, -0.2) is 4.98 Å². The summed E-state index contributed by atoms with van der Waals surface area (Å²) >= 11 is 2.78. The van der Waals surface area contributed by atoms with Gasteiger partial charge in [0.1, 0.15) is 0 Å². The molecule has 1 aliphatic rings. The van der Waals surface area contributed by atoms with Gasteiger partial charge in [-0.15, -0.1) is 23.1 Å². The number of hydrogen-bond donors (Lipinski definition) is 1. The predicted octanol–water partition coefficient (Wildman–Crippen LogP) is 4.55. The van der Waals surface area contributed by atoms with Crippen molar-refractivity contribution in [1.82, 2.24) is 9.88 Å². The Bertz CT molecular complexity index is 825. The number of benzene rings is 1. The molecule has 0 radical (unpaired) electrons. The molecule has 7 heteroatoms. The summed E-state index contributed by atoms with van der Waals surface area (Å²) in [7, 11) is 0. The fraction of sp³-hybridized carbons (Fsp3) is 0.500. The number of likely N-dealkylation sites (tertiary alicyclic amines) is 1. The summed E-state index contributed by atoms with van der Waals surface area (Å²) in [5.74, 6) is 1.71. The molecule has 0 bridgehead atoms. The number of thioether (sulfide) groups is 1. The SMILES string of the molecule is CCc1ccc(-c2csc(NC(=O)CSCC(=O)N3C[C@H](C)C[C@H](C)C3)n2)cc1.